The molecule has 2 rings (SSSR count). The minimum Gasteiger partial charge on any atom is -0.211 e. The third-order valence-corrected chi connectivity index (χ3v) is 3.47. The van der Waals surface area contributed by atoms with Gasteiger partial charge < -0.3 is 0 Å². The third kappa shape index (κ3) is 4.91. The van der Waals surface area contributed by atoms with E-state index in [4.69, 9.17) is 0 Å². The molecule has 2 aromatic rings. The standard InChI is InChI=1S/C17H8F6N2O2/c18-16(19,20)12-6-10(1-3-14(12)24-8-26)5-11-2-4-15(25-9-27)13(7-11)17(21,22)23/h1-4,6-7H,5H2. The van der Waals surface area contributed by atoms with Crippen LogP contribution < -0.4 is 0 Å². The summed E-state index contributed by atoms with van der Waals surface area (Å²) in [6.07, 6.45) is -7.86. The molecule has 0 aliphatic rings. The van der Waals surface area contributed by atoms with Crippen molar-refractivity contribution in [2.24, 2.45) is 9.98 Å². The average Bonchev–Trinajstić information content (AvgIpc) is 2.56. The number of halogens is 6. The van der Waals surface area contributed by atoms with Gasteiger partial charge in [-0.05, 0) is 41.8 Å². The Labute approximate surface area is 147 Å². The summed E-state index contributed by atoms with van der Waals surface area (Å²) >= 11 is 0. The minimum atomic E-state index is -4.81. The summed E-state index contributed by atoms with van der Waals surface area (Å²) in [5, 5.41) is 0. The summed E-state index contributed by atoms with van der Waals surface area (Å²) in [4.78, 5) is 26.4. The highest BCUT2D eigenvalue weighted by Gasteiger charge is 2.35. The molecule has 0 aliphatic heterocycles. The molecule has 0 saturated carbocycles. The Balaban J connectivity index is 2.48. The number of aliphatic imine (C=N–C) groups is 2. The van der Waals surface area contributed by atoms with Gasteiger partial charge in [0.2, 0.25) is 12.2 Å². The van der Waals surface area contributed by atoms with E-state index in [0.717, 1.165) is 24.3 Å². The van der Waals surface area contributed by atoms with Crippen molar-refractivity contribution in [2.75, 3.05) is 0 Å². The molecule has 0 bridgehead atoms. The summed E-state index contributed by atoms with van der Waals surface area (Å²) < 4.78 is 78.4. The number of hydrogen-bond acceptors (Lipinski definition) is 4. The maximum atomic E-state index is 13.1. The predicted octanol–water partition coefficient (Wildman–Crippen LogP) is 5.25. The first-order chi connectivity index (χ1) is 12.6. The number of rotatable bonds is 4. The van der Waals surface area contributed by atoms with E-state index in [1.807, 2.05) is 0 Å². The Kier molecular flexibility index (Phi) is 5.64. The van der Waals surface area contributed by atoms with Gasteiger partial charge in [-0.2, -0.15) is 36.3 Å². The molecule has 27 heavy (non-hydrogen) atoms. The molecule has 4 nitrogen and oxygen atoms in total. The highest BCUT2D eigenvalue weighted by atomic mass is 19.4. The Bertz CT molecular complexity index is 875. The first-order valence-corrected chi connectivity index (χ1v) is 7.12. The molecule has 0 saturated heterocycles. The van der Waals surface area contributed by atoms with Gasteiger partial charge in [0.05, 0.1) is 22.5 Å². The zero-order valence-corrected chi connectivity index (χ0v) is 13.1. The van der Waals surface area contributed by atoms with E-state index in [1.54, 1.807) is 0 Å². The van der Waals surface area contributed by atoms with Crippen molar-refractivity contribution in [3.63, 3.8) is 0 Å². The second-order valence-electron chi connectivity index (χ2n) is 5.28. The lowest BCUT2D eigenvalue weighted by molar-refractivity contribution is -0.137. The molecule has 0 aliphatic carbocycles. The molecular weight excluding hydrogens is 378 g/mol. The maximum Gasteiger partial charge on any atom is 0.418 e. The maximum absolute atomic E-state index is 13.1. The van der Waals surface area contributed by atoms with Crippen LogP contribution in [0.3, 0.4) is 0 Å². The van der Waals surface area contributed by atoms with E-state index in [2.05, 4.69) is 9.98 Å². The molecule has 0 heterocycles. The lowest BCUT2D eigenvalue weighted by Crippen LogP contribution is -2.07. The number of nitrogens with zero attached hydrogens (tertiary/aromatic N) is 2. The van der Waals surface area contributed by atoms with Crippen molar-refractivity contribution < 1.29 is 35.9 Å². The van der Waals surface area contributed by atoms with E-state index in [9.17, 15) is 35.9 Å². The van der Waals surface area contributed by atoms with Crippen molar-refractivity contribution in [3.8, 4) is 0 Å². The molecule has 10 heteroatoms. The molecule has 0 spiro atoms. The van der Waals surface area contributed by atoms with E-state index in [-0.39, 0.29) is 17.5 Å². The van der Waals surface area contributed by atoms with Crippen LogP contribution in [0.2, 0.25) is 0 Å². The predicted molar refractivity (Wildman–Crippen MR) is 81.3 cm³/mol. The van der Waals surface area contributed by atoms with Crippen molar-refractivity contribution in [2.45, 2.75) is 18.8 Å². The first-order valence-electron chi connectivity index (χ1n) is 7.12. The molecule has 0 amide bonds. The summed E-state index contributed by atoms with van der Waals surface area (Å²) in [6.45, 7) is 0. The van der Waals surface area contributed by atoms with Crippen LogP contribution in [-0.4, -0.2) is 12.2 Å². The van der Waals surface area contributed by atoms with Crippen LogP contribution in [-0.2, 0) is 28.4 Å². The van der Waals surface area contributed by atoms with E-state index in [0.29, 0.717) is 12.1 Å². The van der Waals surface area contributed by atoms with Crippen LogP contribution in [0.1, 0.15) is 22.3 Å². The second kappa shape index (κ2) is 7.57. The number of benzene rings is 2. The SMILES string of the molecule is O=C=Nc1ccc(Cc2ccc(N=C=O)c(C(F)(F)F)c2)cc1C(F)(F)F. The summed E-state index contributed by atoms with van der Waals surface area (Å²) in [6, 6.07) is 5.66. The fraction of sp³-hybridized carbons (Fsp3) is 0.176. The Morgan fingerprint density at radius 3 is 1.37 bits per heavy atom. The van der Waals surface area contributed by atoms with Crippen molar-refractivity contribution in [1.82, 2.24) is 0 Å². The zero-order chi connectivity index (χ0) is 20.2. The van der Waals surface area contributed by atoms with Gasteiger partial charge in [0, 0.05) is 0 Å². The number of hydrogen-bond donors (Lipinski definition) is 0. The van der Waals surface area contributed by atoms with Gasteiger partial charge in [0.15, 0.2) is 0 Å². The van der Waals surface area contributed by atoms with Gasteiger partial charge in [0.1, 0.15) is 0 Å². The summed E-state index contributed by atoms with van der Waals surface area (Å²) in [5.74, 6) is 0. The average molecular weight is 386 g/mol. The van der Waals surface area contributed by atoms with Gasteiger partial charge >= 0.3 is 12.4 Å². The minimum absolute atomic E-state index is 0.0481. The number of carbonyl (C=O) groups excluding carboxylic acids is 2. The monoisotopic (exact) mass is 386 g/mol. The number of alkyl halides is 6. The molecule has 0 atom stereocenters. The topological polar surface area (TPSA) is 58.9 Å². The van der Waals surface area contributed by atoms with Gasteiger partial charge in [-0.15, -0.1) is 0 Å². The summed E-state index contributed by atoms with van der Waals surface area (Å²) in [5.41, 5.74) is -3.61. The van der Waals surface area contributed by atoms with Crippen LogP contribution in [0.4, 0.5) is 37.7 Å². The normalized spacial score (nSPS) is 11.5. The molecular formula is C17H8F6N2O2. The lowest BCUT2D eigenvalue weighted by atomic mass is 9.99. The number of isocyanates is 2. The van der Waals surface area contributed by atoms with Crippen LogP contribution in [0.25, 0.3) is 0 Å². The van der Waals surface area contributed by atoms with Gasteiger partial charge in [-0.1, -0.05) is 12.1 Å². The molecule has 0 unspecified atom stereocenters. The largest absolute Gasteiger partial charge is 0.418 e. The Morgan fingerprint density at radius 2 is 1.07 bits per heavy atom. The highest BCUT2D eigenvalue weighted by molar-refractivity contribution is 5.58. The molecule has 2 aromatic carbocycles. The Hall–Kier alpha value is -3.22. The molecule has 0 N–H and O–H groups in total. The van der Waals surface area contributed by atoms with Crippen LogP contribution in [0.5, 0.6) is 0 Å². The quantitative estimate of drug-likeness (QED) is 0.409. The zero-order valence-electron chi connectivity index (χ0n) is 13.1. The Morgan fingerprint density at radius 1 is 0.704 bits per heavy atom. The third-order valence-electron chi connectivity index (χ3n) is 3.47. The van der Waals surface area contributed by atoms with Crippen molar-refractivity contribution in [1.29, 1.82) is 0 Å². The van der Waals surface area contributed by atoms with Crippen molar-refractivity contribution >= 4 is 23.5 Å². The van der Waals surface area contributed by atoms with Gasteiger partial charge in [-0.3, -0.25) is 0 Å². The van der Waals surface area contributed by atoms with Crippen LogP contribution >= 0.6 is 0 Å². The van der Waals surface area contributed by atoms with E-state index >= 15 is 0 Å². The van der Waals surface area contributed by atoms with Crippen molar-refractivity contribution in [3.05, 3.63) is 58.7 Å². The highest BCUT2D eigenvalue weighted by Crippen LogP contribution is 2.39. The molecule has 0 fully saturated rings. The van der Waals surface area contributed by atoms with E-state index in [1.165, 1.54) is 12.1 Å². The lowest BCUT2D eigenvalue weighted by Gasteiger charge is -2.13. The second-order valence-corrected chi connectivity index (χ2v) is 5.28. The van der Waals surface area contributed by atoms with Crippen LogP contribution in [0, 0.1) is 0 Å². The smallest absolute Gasteiger partial charge is 0.211 e. The first kappa shape index (κ1) is 20.1. The molecule has 140 valence electrons. The van der Waals surface area contributed by atoms with Gasteiger partial charge in [0.25, 0.3) is 0 Å². The van der Waals surface area contributed by atoms with Crippen LogP contribution in [0.15, 0.2) is 46.4 Å². The van der Waals surface area contributed by atoms with E-state index < -0.39 is 34.9 Å². The van der Waals surface area contributed by atoms with Gasteiger partial charge in [-0.25, -0.2) is 9.59 Å². The molecule has 0 radical (unpaired) electrons. The fourth-order valence-corrected chi connectivity index (χ4v) is 2.37. The molecule has 0 aromatic heterocycles. The summed E-state index contributed by atoms with van der Waals surface area (Å²) in [7, 11) is 0. The fourth-order valence-electron chi connectivity index (χ4n) is 2.37.